The molecular weight excluding hydrogens is 263 g/mol. The molecule has 17 heavy (non-hydrogen) atoms. The Hall–Kier alpha value is -1.33. The van der Waals surface area contributed by atoms with Gasteiger partial charge in [-0.1, -0.05) is 23.0 Å². The van der Waals surface area contributed by atoms with E-state index in [1.165, 1.54) is 12.1 Å². The molecule has 1 aromatic heterocycles. The highest BCUT2D eigenvalue weighted by molar-refractivity contribution is 7.08. The van der Waals surface area contributed by atoms with Gasteiger partial charge in [0.15, 0.2) is 0 Å². The van der Waals surface area contributed by atoms with Crippen molar-refractivity contribution < 1.29 is 9.18 Å². The smallest absolute Gasteiger partial charge is 0.208 e. The molecule has 0 unspecified atom stereocenters. The summed E-state index contributed by atoms with van der Waals surface area (Å²) in [5.74, 6) is -0.824. The first-order chi connectivity index (χ1) is 8.13. The number of ketones is 1. The van der Waals surface area contributed by atoms with Crippen LogP contribution in [-0.4, -0.2) is 15.4 Å². The van der Waals surface area contributed by atoms with Crippen molar-refractivity contribution in [2.24, 2.45) is 0 Å². The molecular formula is C11H8ClFN2OS. The van der Waals surface area contributed by atoms with E-state index in [2.05, 4.69) is 9.59 Å². The highest BCUT2D eigenvalue weighted by atomic mass is 35.5. The second kappa shape index (κ2) is 4.89. The number of hydrogen-bond acceptors (Lipinski definition) is 4. The molecule has 6 heteroatoms. The molecule has 0 atom stereocenters. The van der Waals surface area contributed by atoms with Crippen LogP contribution in [0.15, 0.2) is 18.2 Å². The number of aryl methyl sites for hydroxylation is 1. The Labute approximate surface area is 106 Å². The van der Waals surface area contributed by atoms with Gasteiger partial charge in [0, 0.05) is 5.56 Å². The summed E-state index contributed by atoms with van der Waals surface area (Å²) in [4.78, 5) is 12.6. The fourth-order valence-corrected chi connectivity index (χ4v) is 2.31. The van der Waals surface area contributed by atoms with Crippen molar-refractivity contribution in [2.75, 3.05) is 0 Å². The SMILES string of the molecule is CCc1nnsc1C(=O)c1cc(F)ccc1Cl. The van der Waals surface area contributed by atoms with Gasteiger partial charge < -0.3 is 0 Å². The van der Waals surface area contributed by atoms with Gasteiger partial charge in [0.1, 0.15) is 10.7 Å². The fraction of sp³-hybridized carbons (Fsp3) is 0.182. The van der Waals surface area contributed by atoms with E-state index in [-0.39, 0.29) is 16.4 Å². The van der Waals surface area contributed by atoms with E-state index in [0.29, 0.717) is 17.0 Å². The molecule has 88 valence electrons. The van der Waals surface area contributed by atoms with Crippen molar-refractivity contribution >= 4 is 28.9 Å². The lowest BCUT2D eigenvalue weighted by atomic mass is 10.1. The van der Waals surface area contributed by atoms with Crippen LogP contribution >= 0.6 is 23.1 Å². The van der Waals surface area contributed by atoms with Crippen LogP contribution in [0.4, 0.5) is 4.39 Å². The average Bonchev–Trinajstić information content (AvgIpc) is 2.79. The Bertz CT molecular complexity index is 570. The van der Waals surface area contributed by atoms with E-state index in [4.69, 9.17) is 11.6 Å². The topological polar surface area (TPSA) is 42.9 Å². The molecule has 0 aliphatic rings. The van der Waals surface area contributed by atoms with E-state index in [0.717, 1.165) is 17.6 Å². The Morgan fingerprint density at radius 2 is 2.29 bits per heavy atom. The van der Waals surface area contributed by atoms with Crippen LogP contribution < -0.4 is 0 Å². The minimum atomic E-state index is -0.492. The third-order valence-corrected chi connectivity index (χ3v) is 3.37. The van der Waals surface area contributed by atoms with Crippen molar-refractivity contribution in [1.82, 2.24) is 9.59 Å². The van der Waals surface area contributed by atoms with Gasteiger partial charge in [0.2, 0.25) is 5.78 Å². The zero-order chi connectivity index (χ0) is 12.4. The van der Waals surface area contributed by atoms with Crippen LogP contribution in [0.1, 0.15) is 27.9 Å². The third-order valence-electron chi connectivity index (χ3n) is 2.27. The number of nitrogens with zero attached hydrogens (tertiary/aromatic N) is 2. The first kappa shape index (κ1) is 12.1. The molecule has 1 aromatic carbocycles. The summed E-state index contributed by atoms with van der Waals surface area (Å²) in [6, 6.07) is 3.71. The number of hydrogen-bond donors (Lipinski definition) is 0. The average molecular weight is 271 g/mol. The van der Waals surface area contributed by atoms with Crippen molar-refractivity contribution in [3.05, 3.63) is 45.2 Å². The quantitative estimate of drug-likeness (QED) is 0.805. The van der Waals surface area contributed by atoms with Crippen LogP contribution in [-0.2, 0) is 6.42 Å². The molecule has 1 heterocycles. The van der Waals surface area contributed by atoms with Gasteiger partial charge in [-0.15, -0.1) is 5.10 Å². The minimum Gasteiger partial charge on any atom is -0.288 e. The Kier molecular flexibility index (Phi) is 3.49. The van der Waals surface area contributed by atoms with Crippen LogP contribution in [0.2, 0.25) is 5.02 Å². The normalized spacial score (nSPS) is 10.5. The predicted octanol–water partition coefficient (Wildman–Crippen LogP) is 3.12. The second-order valence-electron chi connectivity index (χ2n) is 3.36. The summed E-state index contributed by atoms with van der Waals surface area (Å²) in [5, 5.41) is 4.07. The minimum absolute atomic E-state index is 0.146. The highest BCUT2D eigenvalue weighted by Crippen LogP contribution is 2.23. The number of aromatic nitrogens is 2. The molecule has 2 rings (SSSR count). The molecule has 3 nitrogen and oxygen atoms in total. The maximum Gasteiger partial charge on any atom is 0.208 e. The van der Waals surface area contributed by atoms with Crippen LogP contribution in [0.5, 0.6) is 0 Å². The second-order valence-corrected chi connectivity index (χ2v) is 4.52. The van der Waals surface area contributed by atoms with Gasteiger partial charge in [-0.25, -0.2) is 4.39 Å². The number of rotatable bonds is 3. The summed E-state index contributed by atoms with van der Waals surface area (Å²) in [7, 11) is 0. The molecule has 0 saturated carbocycles. The molecule has 0 bridgehead atoms. The zero-order valence-corrected chi connectivity index (χ0v) is 10.5. The maximum atomic E-state index is 13.1. The highest BCUT2D eigenvalue weighted by Gasteiger charge is 2.19. The number of halogens is 2. The lowest BCUT2D eigenvalue weighted by Crippen LogP contribution is -2.03. The first-order valence-corrected chi connectivity index (χ1v) is 6.09. The number of carbonyl (C=O) groups is 1. The standard InChI is InChI=1S/C11H8ClFN2OS/c1-2-9-11(17-15-14-9)10(16)7-5-6(13)3-4-8(7)12/h3-5H,2H2,1H3. The van der Waals surface area contributed by atoms with E-state index in [1.807, 2.05) is 6.92 Å². The summed E-state index contributed by atoms with van der Waals surface area (Å²) in [6.07, 6.45) is 0.602. The molecule has 0 aliphatic carbocycles. The van der Waals surface area contributed by atoms with Gasteiger partial charge >= 0.3 is 0 Å². The van der Waals surface area contributed by atoms with E-state index in [1.54, 1.807) is 0 Å². The van der Waals surface area contributed by atoms with E-state index in [9.17, 15) is 9.18 Å². The monoisotopic (exact) mass is 270 g/mol. The molecule has 0 radical (unpaired) electrons. The van der Waals surface area contributed by atoms with Crippen molar-refractivity contribution in [3.63, 3.8) is 0 Å². The predicted molar refractivity (Wildman–Crippen MR) is 64.1 cm³/mol. The molecule has 2 aromatic rings. The van der Waals surface area contributed by atoms with Gasteiger partial charge in [-0.3, -0.25) is 4.79 Å². The lowest BCUT2D eigenvalue weighted by molar-refractivity contribution is 0.104. The number of carbonyl (C=O) groups excluding carboxylic acids is 1. The molecule has 0 spiro atoms. The van der Waals surface area contributed by atoms with Crippen molar-refractivity contribution in [3.8, 4) is 0 Å². The van der Waals surface area contributed by atoms with Gasteiger partial charge in [0.05, 0.1) is 10.7 Å². The fourth-order valence-electron chi connectivity index (χ4n) is 1.41. The van der Waals surface area contributed by atoms with Gasteiger partial charge in [-0.2, -0.15) is 0 Å². The molecule has 0 fully saturated rings. The molecule has 0 N–H and O–H groups in total. The Balaban J connectivity index is 2.47. The Morgan fingerprint density at radius 3 is 3.00 bits per heavy atom. The van der Waals surface area contributed by atoms with Crippen LogP contribution in [0, 0.1) is 5.82 Å². The summed E-state index contributed by atoms with van der Waals surface area (Å²) in [6.45, 7) is 1.88. The van der Waals surface area contributed by atoms with Gasteiger partial charge in [0.25, 0.3) is 0 Å². The molecule has 0 aliphatic heterocycles. The summed E-state index contributed by atoms with van der Waals surface area (Å²) >= 11 is 6.88. The largest absolute Gasteiger partial charge is 0.288 e. The van der Waals surface area contributed by atoms with Crippen LogP contribution in [0.3, 0.4) is 0 Å². The van der Waals surface area contributed by atoms with Gasteiger partial charge in [-0.05, 0) is 36.2 Å². The van der Waals surface area contributed by atoms with Crippen molar-refractivity contribution in [1.29, 1.82) is 0 Å². The Morgan fingerprint density at radius 1 is 1.53 bits per heavy atom. The van der Waals surface area contributed by atoms with Crippen molar-refractivity contribution in [2.45, 2.75) is 13.3 Å². The number of benzene rings is 1. The van der Waals surface area contributed by atoms with E-state index < -0.39 is 5.82 Å². The third kappa shape index (κ3) is 2.35. The molecule has 0 saturated heterocycles. The molecule has 0 amide bonds. The first-order valence-electron chi connectivity index (χ1n) is 4.94. The maximum absolute atomic E-state index is 13.1. The van der Waals surface area contributed by atoms with E-state index >= 15 is 0 Å². The summed E-state index contributed by atoms with van der Waals surface area (Å²) < 4.78 is 16.8. The summed E-state index contributed by atoms with van der Waals surface area (Å²) in [5.41, 5.74) is 0.757. The lowest BCUT2D eigenvalue weighted by Gasteiger charge is -2.02. The van der Waals surface area contributed by atoms with Crippen LogP contribution in [0.25, 0.3) is 0 Å². The zero-order valence-electron chi connectivity index (χ0n) is 8.91.